The van der Waals surface area contributed by atoms with Crippen molar-refractivity contribution >= 4 is 17.7 Å². The highest BCUT2D eigenvalue weighted by Crippen LogP contribution is 2.24. The van der Waals surface area contributed by atoms with Crippen LogP contribution >= 0.6 is 11.8 Å². The van der Waals surface area contributed by atoms with Crippen LogP contribution in [0.3, 0.4) is 0 Å². The van der Waals surface area contributed by atoms with Gasteiger partial charge in [0.15, 0.2) is 5.82 Å². The van der Waals surface area contributed by atoms with Crippen molar-refractivity contribution in [2.75, 3.05) is 18.9 Å². The number of carbonyl (C=O) groups is 1. The number of aromatic nitrogens is 3. The lowest BCUT2D eigenvalue weighted by Gasteiger charge is -2.23. The first-order valence-electron chi connectivity index (χ1n) is 10.3. The summed E-state index contributed by atoms with van der Waals surface area (Å²) in [6, 6.07) is 8.02. The summed E-state index contributed by atoms with van der Waals surface area (Å²) < 4.78 is 7.21. The quantitative estimate of drug-likeness (QED) is 0.547. The predicted octanol–water partition coefficient (Wildman–Crippen LogP) is 3.58. The molecule has 1 amide bonds. The van der Waals surface area contributed by atoms with Gasteiger partial charge in [-0.3, -0.25) is 4.79 Å². The van der Waals surface area contributed by atoms with Crippen molar-refractivity contribution < 1.29 is 9.53 Å². The Bertz CT molecular complexity index is 798. The van der Waals surface area contributed by atoms with Gasteiger partial charge in [0.2, 0.25) is 11.1 Å². The zero-order chi connectivity index (χ0) is 20.8. The first-order valence-corrected chi connectivity index (χ1v) is 11.2. The highest BCUT2D eigenvalue weighted by atomic mass is 32.2. The molecule has 158 valence electrons. The van der Waals surface area contributed by atoms with Crippen molar-refractivity contribution in [2.24, 2.45) is 0 Å². The maximum Gasteiger partial charge on any atom is 0.235 e. The summed E-state index contributed by atoms with van der Waals surface area (Å²) in [4.78, 5) is 14.7. The van der Waals surface area contributed by atoms with Crippen molar-refractivity contribution in [3.63, 3.8) is 0 Å². The smallest absolute Gasteiger partial charge is 0.235 e. The van der Waals surface area contributed by atoms with Crippen LogP contribution in [0.15, 0.2) is 29.4 Å². The van der Waals surface area contributed by atoms with Gasteiger partial charge in [0.1, 0.15) is 12.4 Å². The number of rotatable bonds is 7. The molecule has 1 aromatic carbocycles. The van der Waals surface area contributed by atoms with Gasteiger partial charge in [-0.15, -0.1) is 10.2 Å². The van der Waals surface area contributed by atoms with E-state index < -0.39 is 0 Å². The zero-order valence-electron chi connectivity index (χ0n) is 17.5. The second kappa shape index (κ2) is 10.0. The molecule has 29 heavy (non-hydrogen) atoms. The van der Waals surface area contributed by atoms with Crippen molar-refractivity contribution in [3.8, 4) is 5.75 Å². The molecular weight excluding hydrogens is 386 g/mol. The molecule has 1 unspecified atom stereocenters. The third-order valence-electron chi connectivity index (χ3n) is 5.20. The van der Waals surface area contributed by atoms with Crippen LogP contribution in [0.5, 0.6) is 5.75 Å². The van der Waals surface area contributed by atoms with Gasteiger partial charge in [0, 0.05) is 13.1 Å². The monoisotopic (exact) mass is 417 g/mol. The van der Waals surface area contributed by atoms with E-state index in [1.807, 2.05) is 24.0 Å². The number of hydrogen-bond donors (Lipinski definition) is 1. The predicted molar refractivity (Wildman–Crippen MR) is 115 cm³/mol. The third-order valence-corrected chi connectivity index (χ3v) is 6.24. The SMILES string of the molecule is CC(Sc1nnc(COc2ccc(C(C)C)cc2)n1N)C(=O)N1CCCCCC1. The number of nitrogens with two attached hydrogens (primary N) is 1. The average molecular weight is 418 g/mol. The second-order valence-electron chi connectivity index (χ2n) is 7.78. The summed E-state index contributed by atoms with van der Waals surface area (Å²) in [6.45, 7) is 8.12. The number of benzene rings is 1. The van der Waals surface area contributed by atoms with Crippen molar-refractivity contribution in [1.82, 2.24) is 19.8 Å². The van der Waals surface area contributed by atoms with E-state index in [4.69, 9.17) is 10.6 Å². The number of thioether (sulfide) groups is 1. The molecule has 1 aromatic heterocycles. The number of amides is 1. The highest BCUT2D eigenvalue weighted by molar-refractivity contribution is 8.00. The third kappa shape index (κ3) is 5.65. The van der Waals surface area contributed by atoms with Crippen molar-refractivity contribution in [2.45, 2.75) is 69.4 Å². The fourth-order valence-electron chi connectivity index (χ4n) is 3.34. The fraction of sp³-hybridized carbons (Fsp3) is 0.571. The van der Waals surface area contributed by atoms with E-state index in [0.29, 0.717) is 16.9 Å². The van der Waals surface area contributed by atoms with Crippen LogP contribution in [0, 0.1) is 0 Å². The molecule has 3 rings (SSSR count). The minimum Gasteiger partial charge on any atom is -0.486 e. The molecule has 2 heterocycles. The maximum atomic E-state index is 12.7. The molecule has 0 spiro atoms. The lowest BCUT2D eigenvalue weighted by atomic mass is 10.0. The van der Waals surface area contributed by atoms with Gasteiger partial charge in [0.25, 0.3) is 0 Å². The minimum absolute atomic E-state index is 0.142. The Hall–Kier alpha value is -2.22. The molecule has 7 nitrogen and oxygen atoms in total. The first-order chi connectivity index (χ1) is 14.0. The summed E-state index contributed by atoms with van der Waals surface area (Å²) in [5.74, 6) is 8.06. The Morgan fingerprint density at radius 1 is 1.10 bits per heavy atom. The lowest BCUT2D eigenvalue weighted by Crippen LogP contribution is -2.37. The van der Waals surface area contributed by atoms with Crippen LogP contribution in [0.1, 0.15) is 63.8 Å². The lowest BCUT2D eigenvalue weighted by molar-refractivity contribution is -0.130. The zero-order valence-corrected chi connectivity index (χ0v) is 18.3. The number of ether oxygens (including phenoxy) is 1. The molecule has 1 atom stereocenters. The average Bonchev–Trinajstić information content (AvgIpc) is 2.90. The van der Waals surface area contributed by atoms with E-state index in [9.17, 15) is 4.79 Å². The molecule has 1 aliphatic heterocycles. The van der Waals surface area contributed by atoms with Crippen LogP contribution in [-0.2, 0) is 11.4 Å². The standard InChI is InChI=1S/C21H31N5O2S/c1-15(2)17-8-10-18(11-9-17)28-14-19-23-24-21(26(19)22)29-16(3)20(27)25-12-6-4-5-7-13-25/h8-11,15-16H,4-7,12-14,22H2,1-3H3. The van der Waals surface area contributed by atoms with Crippen molar-refractivity contribution in [1.29, 1.82) is 0 Å². The molecule has 8 heteroatoms. The van der Waals surface area contributed by atoms with Crippen LogP contribution < -0.4 is 10.6 Å². The molecule has 0 bridgehead atoms. The normalized spacial score (nSPS) is 15.9. The molecule has 1 saturated heterocycles. The van der Waals surface area contributed by atoms with Gasteiger partial charge in [-0.2, -0.15) is 0 Å². The van der Waals surface area contributed by atoms with Crippen LogP contribution in [0.4, 0.5) is 0 Å². The molecule has 2 aromatic rings. The summed E-state index contributed by atoms with van der Waals surface area (Å²) >= 11 is 1.34. The van der Waals surface area contributed by atoms with Crippen LogP contribution in [-0.4, -0.2) is 44.0 Å². The Morgan fingerprint density at radius 2 is 1.76 bits per heavy atom. The van der Waals surface area contributed by atoms with E-state index in [1.54, 1.807) is 0 Å². The Labute approximate surface area is 177 Å². The number of hydrogen-bond acceptors (Lipinski definition) is 6. The van der Waals surface area contributed by atoms with Gasteiger partial charge in [-0.1, -0.05) is 50.6 Å². The highest BCUT2D eigenvalue weighted by Gasteiger charge is 2.24. The number of nitrogens with zero attached hydrogens (tertiary/aromatic N) is 4. The maximum absolute atomic E-state index is 12.7. The summed E-state index contributed by atoms with van der Waals surface area (Å²) in [7, 11) is 0. The Morgan fingerprint density at radius 3 is 2.38 bits per heavy atom. The Balaban J connectivity index is 1.56. The van der Waals surface area contributed by atoms with Gasteiger partial charge in [-0.25, -0.2) is 4.68 Å². The molecule has 1 aliphatic rings. The molecule has 0 saturated carbocycles. The van der Waals surface area contributed by atoms with E-state index in [2.05, 4.69) is 36.2 Å². The molecule has 1 fully saturated rings. The van der Waals surface area contributed by atoms with Crippen molar-refractivity contribution in [3.05, 3.63) is 35.7 Å². The van der Waals surface area contributed by atoms with Crippen LogP contribution in [0.2, 0.25) is 0 Å². The van der Waals surface area contributed by atoms with Gasteiger partial charge >= 0.3 is 0 Å². The first kappa shape index (κ1) is 21.5. The summed E-state index contributed by atoms with van der Waals surface area (Å²) in [5, 5.41) is 8.56. The number of carbonyl (C=O) groups excluding carboxylic acids is 1. The summed E-state index contributed by atoms with van der Waals surface area (Å²) in [6.07, 6.45) is 4.56. The molecule has 0 radical (unpaired) electrons. The van der Waals surface area contributed by atoms with E-state index in [0.717, 1.165) is 31.7 Å². The van der Waals surface area contributed by atoms with E-state index >= 15 is 0 Å². The fourth-order valence-corrected chi connectivity index (χ4v) is 4.21. The summed E-state index contributed by atoms with van der Waals surface area (Å²) in [5.41, 5.74) is 1.26. The van der Waals surface area contributed by atoms with Gasteiger partial charge in [0.05, 0.1) is 5.25 Å². The molecule has 2 N–H and O–H groups in total. The topological polar surface area (TPSA) is 86.3 Å². The van der Waals surface area contributed by atoms with E-state index in [-0.39, 0.29) is 17.8 Å². The van der Waals surface area contributed by atoms with Gasteiger partial charge < -0.3 is 15.5 Å². The van der Waals surface area contributed by atoms with Crippen LogP contribution in [0.25, 0.3) is 0 Å². The van der Waals surface area contributed by atoms with E-state index in [1.165, 1.54) is 34.8 Å². The second-order valence-corrected chi connectivity index (χ2v) is 9.09. The largest absolute Gasteiger partial charge is 0.486 e. The van der Waals surface area contributed by atoms with Gasteiger partial charge in [-0.05, 0) is 43.4 Å². The number of nitrogen functional groups attached to an aromatic ring is 1. The minimum atomic E-state index is -0.253. The molecular formula is C21H31N5O2S. The Kier molecular flexibility index (Phi) is 7.41. The molecule has 0 aliphatic carbocycles. The number of likely N-dealkylation sites (tertiary alicyclic amines) is 1.